The summed E-state index contributed by atoms with van der Waals surface area (Å²) >= 11 is 0. The Balaban J connectivity index is 2.38. The van der Waals surface area contributed by atoms with Gasteiger partial charge in [-0.15, -0.1) is 0 Å². The molecule has 1 N–H and O–H groups in total. The molecule has 1 aliphatic carbocycles. The van der Waals surface area contributed by atoms with E-state index in [1.165, 1.54) is 19.4 Å². The summed E-state index contributed by atoms with van der Waals surface area (Å²) in [5.41, 5.74) is 0. The lowest BCUT2D eigenvalue weighted by Gasteiger charge is -2.33. The van der Waals surface area contributed by atoms with Crippen LogP contribution in [0.1, 0.15) is 47.0 Å². The molecular formula is C12H25NO. The molecule has 0 aromatic heterocycles. The number of hydrogen-bond donors (Lipinski definition) is 1. The second-order valence-corrected chi connectivity index (χ2v) is 5.17. The first-order valence-electron chi connectivity index (χ1n) is 5.94. The van der Waals surface area contributed by atoms with E-state index >= 15 is 0 Å². The van der Waals surface area contributed by atoms with Crippen molar-refractivity contribution in [2.45, 2.75) is 65.1 Å². The van der Waals surface area contributed by atoms with Gasteiger partial charge in [-0.1, -0.05) is 0 Å². The molecule has 0 amide bonds. The predicted molar refractivity (Wildman–Crippen MR) is 60.3 cm³/mol. The van der Waals surface area contributed by atoms with Crippen LogP contribution in [0.15, 0.2) is 0 Å². The smallest absolute Gasteiger partial charge is 0.0526 e. The van der Waals surface area contributed by atoms with E-state index in [4.69, 9.17) is 0 Å². The molecule has 2 unspecified atom stereocenters. The second-order valence-electron chi connectivity index (χ2n) is 5.17. The average molecular weight is 199 g/mol. The van der Waals surface area contributed by atoms with Gasteiger partial charge >= 0.3 is 0 Å². The van der Waals surface area contributed by atoms with Crippen molar-refractivity contribution in [1.29, 1.82) is 0 Å². The maximum Gasteiger partial charge on any atom is 0.0526 e. The maximum atomic E-state index is 9.38. The largest absolute Gasteiger partial charge is 0.393 e. The van der Waals surface area contributed by atoms with Crippen LogP contribution < -0.4 is 0 Å². The quantitative estimate of drug-likeness (QED) is 0.709. The Hall–Kier alpha value is -0.0800. The molecule has 0 radical (unpaired) electrons. The van der Waals surface area contributed by atoms with E-state index in [0.717, 1.165) is 12.3 Å². The summed E-state index contributed by atoms with van der Waals surface area (Å²) in [6.45, 7) is 9.84. The highest BCUT2D eigenvalue weighted by molar-refractivity contribution is 4.82. The number of aliphatic hydroxyl groups excluding tert-OH is 1. The topological polar surface area (TPSA) is 23.5 Å². The van der Waals surface area contributed by atoms with Gasteiger partial charge in [-0.25, -0.2) is 0 Å². The standard InChI is InChI=1S/C12H25NO/c1-9(2)13(8-12-5-6-12)10(3)7-11(4)14/h9-12,14H,5-8H2,1-4H3. The zero-order valence-corrected chi connectivity index (χ0v) is 10.0. The molecule has 14 heavy (non-hydrogen) atoms. The molecule has 0 aromatic rings. The number of aliphatic hydroxyl groups is 1. The molecule has 84 valence electrons. The fraction of sp³-hybridized carbons (Fsp3) is 1.00. The lowest BCUT2D eigenvalue weighted by atomic mass is 10.1. The first-order chi connectivity index (χ1) is 6.50. The summed E-state index contributed by atoms with van der Waals surface area (Å²) in [4.78, 5) is 2.53. The third-order valence-electron chi connectivity index (χ3n) is 3.08. The molecule has 2 nitrogen and oxygen atoms in total. The Bertz CT molecular complexity index is 164. The minimum atomic E-state index is -0.176. The third-order valence-corrected chi connectivity index (χ3v) is 3.08. The molecular weight excluding hydrogens is 174 g/mol. The molecule has 0 heterocycles. The van der Waals surface area contributed by atoms with E-state index in [-0.39, 0.29) is 6.10 Å². The van der Waals surface area contributed by atoms with Crippen LogP contribution in [-0.2, 0) is 0 Å². The van der Waals surface area contributed by atoms with Crippen molar-refractivity contribution in [2.75, 3.05) is 6.54 Å². The van der Waals surface area contributed by atoms with Crippen molar-refractivity contribution < 1.29 is 5.11 Å². The molecule has 0 aliphatic heterocycles. The van der Waals surface area contributed by atoms with Gasteiger partial charge < -0.3 is 5.11 Å². The van der Waals surface area contributed by atoms with Gasteiger partial charge in [0.25, 0.3) is 0 Å². The first kappa shape index (κ1) is 12.0. The zero-order valence-electron chi connectivity index (χ0n) is 10.0. The van der Waals surface area contributed by atoms with Gasteiger partial charge in [0.05, 0.1) is 6.10 Å². The highest BCUT2D eigenvalue weighted by Crippen LogP contribution is 2.31. The molecule has 1 saturated carbocycles. The molecule has 0 saturated heterocycles. The van der Waals surface area contributed by atoms with E-state index in [1.807, 2.05) is 6.92 Å². The van der Waals surface area contributed by atoms with Gasteiger partial charge in [0.15, 0.2) is 0 Å². The Morgan fingerprint density at radius 1 is 1.21 bits per heavy atom. The number of nitrogens with zero attached hydrogens (tertiary/aromatic N) is 1. The van der Waals surface area contributed by atoms with Crippen molar-refractivity contribution >= 4 is 0 Å². The molecule has 0 aromatic carbocycles. The maximum absolute atomic E-state index is 9.38. The molecule has 0 bridgehead atoms. The summed E-state index contributed by atoms with van der Waals surface area (Å²) in [6, 6.07) is 1.11. The summed E-state index contributed by atoms with van der Waals surface area (Å²) in [7, 11) is 0. The highest BCUT2D eigenvalue weighted by atomic mass is 16.3. The van der Waals surface area contributed by atoms with Gasteiger partial charge in [-0.3, -0.25) is 4.90 Å². The number of rotatable bonds is 6. The highest BCUT2D eigenvalue weighted by Gasteiger charge is 2.28. The summed E-state index contributed by atoms with van der Waals surface area (Å²) in [6.07, 6.45) is 3.53. The van der Waals surface area contributed by atoms with Crippen LogP contribution in [0.5, 0.6) is 0 Å². The van der Waals surface area contributed by atoms with E-state index in [1.54, 1.807) is 0 Å². The molecule has 2 atom stereocenters. The van der Waals surface area contributed by atoms with E-state index in [2.05, 4.69) is 25.7 Å². The molecule has 1 fully saturated rings. The van der Waals surface area contributed by atoms with Crippen LogP contribution in [0.2, 0.25) is 0 Å². The van der Waals surface area contributed by atoms with Gasteiger partial charge in [0, 0.05) is 18.6 Å². The minimum Gasteiger partial charge on any atom is -0.393 e. The lowest BCUT2D eigenvalue weighted by molar-refractivity contribution is 0.0965. The summed E-state index contributed by atoms with van der Waals surface area (Å²) in [5, 5.41) is 9.38. The predicted octanol–water partition coefficient (Wildman–Crippen LogP) is 2.27. The van der Waals surface area contributed by atoms with Crippen LogP contribution >= 0.6 is 0 Å². The average Bonchev–Trinajstić information content (AvgIpc) is 2.80. The van der Waals surface area contributed by atoms with E-state index < -0.39 is 0 Å². The van der Waals surface area contributed by atoms with Crippen molar-refractivity contribution in [2.24, 2.45) is 5.92 Å². The van der Waals surface area contributed by atoms with Crippen molar-refractivity contribution in [3.63, 3.8) is 0 Å². The van der Waals surface area contributed by atoms with Gasteiger partial charge in [0.1, 0.15) is 0 Å². The van der Waals surface area contributed by atoms with Gasteiger partial charge in [-0.05, 0) is 52.9 Å². The molecule has 1 aliphatic rings. The van der Waals surface area contributed by atoms with E-state index in [0.29, 0.717) is 12.1 Å². The second kappa shape index (κ2) is 5.13. The molecule has 0 spiro atoms. The Morgan fingerprint density at radius 2 is 1.79 bits per heavy atom. The van der Waals surface area contributed by atoms with Crippen molar-refractivity contribution in [1.82, 2.24) is 4.90 Å². The fourth-order valence-electron chi connectivity index (χ4n) is 2.13. The molecule has 1 rings (SSSR count). The lowest BCUT2D eigenvalue weighted by Crippen LogP contribution is -2.41. The summed E-state index contributed by atoms with van der Waals surface area (Å²) in [5.74, 6) is 0.939. The minimum absolute atomic E-state index is 0.176. The Labute approximate surface area is 88.3 Å². The van der Waals surface area contributed by atoms with Crippen LogP contribution in [0.4, 0.5) is 0 Å². The van der Waals surface area contributed by atoms with Crippen molar-refractivity contribution in [3.8, 4) is 0 Å². The summed E-state index contributed by atoms with van der Waals surface area (Å²) < 4.78 is 0. The monoisotopic (exact) mass is 199 g/mol. The zero-order chi connectivity index (χ0) is 10.7. The normalized spacial score (nSPS) is 21.6. The molecule has 2 heteroatoms. The first-order valence-corrected chi connectivity index (χ1v) is 5.94. The SMILES string of the molecule is CC(O)CC(C)N(CC1CC1)C(C)C. The van der Waals surface area contributed by atoms with Crippen LogP contribution in [0.3, 0.4) is 0 Å². The van der Waals surface area contributed by atoms with Crippen LogP contribution in [-0.4, -0.2) is 34.7 Å². The van der Waals surface area contributed by atoms with E-state index in [9.17, 15) is 5.11 Å². The fourth-order valence-corrected chi connectivity index (χ4v) is 2.13. The Morgan fingerprint density at radius 3 is 2.14 bits per heavy atom. The van der Waals surface area contributed by atoms with Gasteiger partial charge in [0.2, 0.25) is 0 Å². The van der Waals surface area contributed by atoms with Crippen molar-refractivity contribution in [3.05, 3.63) is 0 Å². The third kappa shape index (κ3) is 3.97. The Kier molecular flexibility index (Phi) is 4.39. The van der Waals surface area contributed by atoms with Crippen LogP contribution in [0, 0.1) is 5.92 Å². The van der Waals surface area contributed by atoms with Gasteiger partial charge in [-0.2, -0.15) is 0 Å². The number of hydrogen-bond acceptors (Lipinski definition) is 2. The van der Waals surface area contributed by atoms with Crippen LogP contribution in [0.25, 0.3) is 0 Å².